The van der Waals surface area contributed by atoms with Crippen molar-refractivity contribution in [3.8, 4) is 0 Å². The van der Waals surface area contributed by atoms with E-state index in [1.807, 2.05) is 34.8 Å². The predicted molar refractivity (Wildman–Crippen MR) is 101 cm³/mol. The van der Waals surface area contributed by atoms with E-state index in [1.165, 1.54) is 17.7 Å². The number of rotatable bonds is 7. The molecule has 2 aromatic heterocycles. The van der Waals surface area contributed by atoms with Crippen molar-refractivity contribution in [2.24, 2.45) is 0 Å². The molecule has 0 spiro atoms. The molecule has 0 aliphatic rings. The second-order valence-electron chi connectivity index (χ2n) is 5.87. The fraction of sp³-hybridized carbons (Fsp3) is 0.211. The summed E-state index contributed by atoms with van der Waals surface area (Å²) in [5.74, 6) is -0.337. The molecule has 0 saturated heterocycles. The lowest BCUT2D eigenvalue weighted by Crippen LogP contribution is -2.37. The van der Waals surface area contributed by atoms with Crippen LogP contribution in [0.4, 0.5) is 4.39 Å². The Labute approximate surface area is 154 Å². The number of thiophene rings is 2. The Morgan fingerprint density at radius 2 is 2.00 bits per heavy atom. The molecule has 1 atom stereocenters. The first kappa shape index (κ1) is 17.8. The zero-order valence-corrected chi connectivity index (χ0v) is 15.4. The van der Waals surface area contributed by atoms with Crippen LogP contribution in [0.15, 0.2) is 58.6 Å². The minimum Gasteiger partial charge on any atom is -0.343 e. The summed E-state index contributed by atoms with van der Waals surface area (Å²) >= 11 is 3.23. The van der Waals surface area contributed by atoms with Gasteiger partial charge in [-0.3, -0.25) is 9.69 Å². The zero-order valence-electron chi connectivity index (χ0n) is 13.8. The maximum Gasteiger partial charge on any atom is 0.234 e. The van der Waals surface area contributed by atoms with E-state index in [1.54, 1.807) is 34.8 Å². The molecule has 1 aromatic carbocycles. The number of nitrogens with zero attached hydrogens (tertiary/aromatic N) is 1. The smallest absolute Gasteiger partial charge is 0.234 e. The molecule has 3 nitrogen and oxygen atoms in total. The number of likely N-dealkylation sites (N-methyl/N-ethyl adjacent to an activating group) is 1. The van der Waals surface area contributed by atoms with Crippen molar-refractivity contribution >= 4 is 28.6 Å². The van der Waals surface area contributed by atoms with Crippen LogP contribution in [-0.4, -0.2) is 24.4 Å². The van der Waals surface area contributed by atoms with Crippen molar-refractivity contribution in [1.82, 2.24) is 10.2 Å². The highest BCUT2D eigenvalue weighted by Crippen LogP contribution is 2.26. The van der Waals surface area contributed by atoms with Gasteiger partial charge in [0, 0.05) is 11.4 Å². The van der Waals surface area contributed by atoms with Gasteiger partial charge in [0.2, 0.25) is 5.91 Å². The lowest BCUT2D eigenvalue weighted by atomic mass is 10.1. The largest absolute Gasteiger partial charge is 0.343 e. The van der Waals surface area contributed by atoms with Gasteiger partial charge in [-0.2, -0.15) is 11.3 Å². The highest BCUT2D eigenvalue weighted by atomic mass is 32.1. The molecule has 0 bridgehead atoms. The molecule has 130 valence electrons. The second-order valence-corrected chi connectivity index (χ2v) is 7.63. The Bertz CT molecular complexity index is 785. The van der Waals surface area contributed by atoms with Crippen LogP contribution in [0, 0.1) is 5.82 Å². The molecule has 1 unspecified atom stereocenters. The van der Waals surface area contributed by atoms with Crippen LogP contribution < -0.4 is 5.32 Å². The highest BCUT2D eigenvalue weighted by Gasteiger charge is 2.19. The number of carbonyl (C=O) groups is 1. The molecular weight excluding hydrogens is 355 g/mol. The zero-order chi connectivity index (χ0) is 17.6. The van der Waals surface area contributed by atoms with Crippen molar-refractivity contribution in [2.45, 2.75) is 12.6 Å². The van der Waals surface area contributed by atoms with Crippen LogP contribution in [-0.2, 0) is 11.3 Å². The van der Waals surface area contributed by atoms with Gasteiger partial charge in [-0.05, 0) is 58.6 Å². The summed E-state index contributed by atoms with van der Waals surface area (Å²) in [6.45, 7) is 1.04. The molecule has 1 N–H and O–H groups in total. The van der Waals surface area contributed by atoms with Crippen LogP contribution in [0.25, 0.3) is 0 Å². The van der Waals surface area contributed by atoms with E-state index in [0.717, 1.165) is 17.0 Å². The van der Waals surface area contributed by atoms with Crippen LogP contribution in [0.2, 0.25) is 0 Å². The van der Waals surface area contributed by atoms with Gasteiger partial charge in [0.25, 0.3) is 0 Å². The van der Waals surface area contributed by atoms with E-state index >= 15 is 0 Å². The third kappa shape index (κ3) is 4.98. The standard InChI is InChI=1S/C19H19FN2OS2/c1-22(11-14-8-10-24-13-14)12-18(23)21-19(17-3-2-9-25-17)15-4-6-16(20)7-5-15/h2-10,13,19H,11-12H2,1H3,(H,21,23). The van der Waals surface area contributed by atoms with Crippen LogP contribution >= 0.6 is 22.7 Å². The van der Waals surface area contributed by atoms with E-state index in [9.17, 15) is 9.18 Å². The topological polar surface area (TPSA) is 32.3 Å². The molecule has 0 aliphatic carbocycles. The quantitative estimate of drug-likeness (QED) is 0.669. The number of hydrogen-bond acceptors (Lipinski definition) is 4. The molecule has 25 heavy (non-hydrogen) atoms. The van der Waals surface area contributed by atoms with Crippen LogP contribution in [0.5, 0.6) is 0 Å². The normalized spacial score (nSPS) is 12.3. The van der Waals surface area contributed by atoms with Gasteiger partial charge in [0.15, 0.2) is 0 Å². The first-order chi connectivity index (χ1) is 12.1. The van der Waals surface area contributed by atoms with Crippen molar-refractivity contribution in [1.29, 1.82) is 0 Å². The molecule has 2 heterocycles. The second kappa shape index (κ2) is 8.38. The molecular formula is C19H19FN2OS2. The number of amides is 1. The van der Waals surface area contributed by atoms with Crippen molar-refractivity contribution in [3.05, 3.63) is 80.4 Å². The lowest BCUT2D eigenvalue weighted by Gasteiger charge is -2.21. The minimum absolute atomic E-state index is 0.0551. The fourth-order valence-electron chi connectivity index (χ4n) is 2.63. The Morgan fingerprint density at radius 3 is 2.64 bits per heavy atom. The average molecular weight is 375 g/mol. The Balaban J connectivity index is 1.67. The highest BCUT2D eigenvalue weighted by molar-refractivity contribution is 7.10. The summed E-state index contributed by atoms with van der Waals surface area (Å²) in [6, 6.07) is 12.0. The predicted octanol–water partition coefficient (Wildman–Crippen LogP) is 4.29. The monoisotopic (exact) mass is 374 g/mol. The summed E-state index contributed by atoms with van der Waals surface area (Å²) in [6.07, 6.45) is 0. The van der Waals surface area contributed by atoms with E-state index < -0.39 is 0 Å². The van der Waals surface area contributed by atoms with Gasteiger partial charge in [0.05, 0.1) is 12.6 Å². The average Bonchev–Trinajstić information content (AvgIpc) is 3.27. The summed E-state index contributed by atoms with van der Waals surface area (Å²) in [5, 5.41) is 9.17. The number of nitrogens with one attached hydrogen (secondary N) is 1. The van der Waals surface area contributed by atoms with Crippen molar-refractivity contribution in [2.75, 3.05) is 13.6 Å². The summed E-state index contributed by atoms with van der Waals surface area (Å²) < 4.78 is 13.2. The molecule has 3 rings (SSSR count). The summed E-state index contributed by atoms with van der Waals surface area (Å²) in [5.41, 5.74) is 2.08. The van der Waals surface area contributed by atoms with Crippen LogP contribution in [0.1, 0.15) is 22.0 Å². The Kier molecular flexibility index (Phi) is 5.96. The third-order valence-corrected chi connectivity index (χ3v) is 5.45. The van der Waals surface area contributed by atoms with E-state index in [2.05, 4.69) is 16.8 Å². The molecule has 0 aliphatic heterocycles. The summed E-state index contributed by atoms with van der Waals surface area (Å²) in [7, 11) is 1.93. The van der Waals surface area contributed by atoms with Gasteiger partial charge in [-0.15, -0.1) is 11.3 Å². The number of benzene rings is 1. The van der Waals surface area contributed by atoms with Gasteiger partial charge in [-0.25, -0.2) is 4.39 Å². The van der Waals surface area contributed by atoms with E-state index in [-0.39, 0.29) is 17.8 Å². The van der Waals surface area contributed by atoms with Gasteiger partial charge < -0.3 is 5.32 Å². The van der Waals surface area contributed by atoms with Gasteiger partial charge in [0.1, 0.15) is 5.82 Å². The number of hydrogen-bond donors (Lipinski definition) is 1. The Morgan fingerprint density at radius 1 is 1.20 bits per heavy atom. The third-order valence-electron chi connectivity index (χ3n) is 3.78. The minimum atomic E-state index is -0.282. The van der Waals surface area contributed by atoms with E-state index in [0.29, 0.717) is 6.54 Å². The first-order valence-corrected chi connectivity index (χ1v) is 9.72. The van der Waals surface area contributed by atoms with Crippen molar-refractivity contribution in [3.63, 3.8) is 0 Å². The van der Waals surface area contributed by atoms with Gasteiger partial charge >= 0.3 is 0 Å². The van der Waals surface area contributed by atoms with Gasteiger partial charge in [-0.1, -0.05) is 18.2 Å². The number of carbonyl (C=O) groups excluding carboxylic acids is 1. The van der Waals surface area contributed by atoms with Crippen molar-refractivity contribution < 1.29 is 9.18 Å². The molecule has 0 saturated carbocycles. The fourth-order valence-corrected chi connectivity index (χ4v) is 4.09. The van der Waals surface area contributed by atoms with Crippen LogP contribution in [0.3, 0.4) is 0 Å². The number of halogens is 1. The maximum absolute atomic E-state index is 13.2. The molecule has 3 aromatic rings. The molecule has 0 radical (unpaired) electrons. The lowest BCUT2D eigenvalue weighted by molar-refractivity contribution is -0.122. The molecule has 6 heteroatoms. The maximum atomic E-state index is 13.2. The Hall–Kier alpha value is -2.02. The first-order valence-electron chi connectivity index (χ1n) is 7.89. The molecule has 0 fully saturated rings. The molecule has 1 amide bonds. The SMILES string of the molecule is CN(CC(=O)NC(c1ccc(F)cc1)c1cccs1)Cc1ccsc1. The summed E-state index contributed by atoms with van der Waals surface area (Å²) in [4.78, 5) is 15.5. The van der Waals surface area contributed by atoms with E-state index in [4.69, 9.17) is 0 Å².